The first-order valence-electron chi connectivity index (χ1n) is 12.6. The molecule has 1 aliphatic heterocycles. The van der Waals surface area contributed by atoms with Crippen LogP contribution in [0.25, 0.3) is 0 Å². The monoisotopic (exact) mass is 616 g/mol. The third-order valence-corrected chi connectivity index (χ3v) is 7.11. The molecule has 6 nitrogen and oxygen atoms in total. The highest BCUT2D eigenvalue weighted by molar-refractivity contribution is 9.10. The summed E-state index contributed by atoms with van der Waals surface area (Å²) in [4.78, 5) is 29.5. The minimum Gasteiger partial charge on any atom is -0.457 e. The molecule has 1 unspecified atom stereocenters. The molecule has 0 radical (unpaired) electrons. The third-order valence-electron chi connectivity index (χ3n) is 6.38. The van der Waals surface area contributed by atoms with Crippen LogP contribution in [0.2, 0.25) is 5.02 Å². The average molecular weight is 618 g/mol. The number of ether oxygens (including phenoxy) is 2. The van der Waals surface area contributed by atoms with Gasteiger partial charge in [-0.25, -0.2) is 9.18 Å². The van der Waals surface area contributed by atoms with Crippen molar-refractivity contribution in [1.82, 2.24) is 4.90 Å². The zero-order valence-electron chi connectivity index (χ0n) is 22.6. The number of halogens is 3. The first kappa shape index (κ1) is 28.9. The standard InChI is InChI=1S/C30H31BrClFN2O4/c1-18-12-23(9-10-25(18)33)38-27-15-22(32)8-6-19(27)16-34(5)28(36)13-20-17-35(29(37)39-30(2,3)4)26-11-7-21(31)14-24(20)26/h6-12,14-15,20H,13,16-17H2,1-5H3. The maximum atomic E-state index is 13.7. The van der Waals surface area contributed by atoms with Gasteiger partial charge in [0.1, 0.15) is 22.9 Å². The van der Waals surface area contributed by atoms with Crippen molar-refractivity contribution in [3.8, 4) is 11.5 Å². The van der Waals surface area contributed by atoms with Gasteiger partial charge in [0.25, 0.3) is 0 Å². The van der Waals surface area contributed by atoms with Crippen LogP contribution >= 0.6 is 27.5 Å². The number of rotatable bonds is 6. The number of hydrogen-bond acceptors (Lipinski definition) is 4. The second-order valence-electron chi connectivity index (χ2n) is 10.7. The van der Waals surface area contributed by atoms with E-state index < -0.39 is 11.7 Å². The predicted molar refractivity (Wildman–Crippen MR) is 154 cm³/mol. The van der Waals surface area contributed by atoms with Crippen LogP contribution in [0.15, 0.2) is 59.1 Å². The second-order valence-corrected chi connectivity index (χ2v) is 12.1. The molecule has 1 atom stereocenters. The number of anilines is 1. The first-order valence-corrected chi connectivity index (χ1v) is 13.7. The van der Waals surface area contributed by atoms with Crippen molar-refractivity contribution in [2.45, 2.75) is 52.2 Å². The van der Waals surface area contributed by atoms with Gasteiger partial charge in [0, 0.05) is 47.5 Å². The van der Waals surface area contributed by atoms with Gasteiger partial charge in [-0.05, 0) is 87.4 Å². The summed E-state index contributed by atoms with van der Waals surface area (Å²) in [5.74, 6) is 0.365. The maximum absolute atomic E-state index is 13.7. The van der Waals surface area contributed by atoms with E-state index >= 15 is 0 Å². The second kappa shape index (κ2) is 11.6. The Labute approximate surface area is 241 Å². The van der Waals surface area contributed by atoms with Crippen molar-refractivity contribution in [3.63, 3.8) is 0 Å². The molecule has 2 amide bonds. The Hall–Kier alpha value is -3.10. The van der Waals surface area contributed by atoms with Crippen LogP contribution in [-0.4, -0.2) is 36.1 Å². The molecular weight excluding hydrogens is 587 g/mol. The zero-order chi connectivity index (χ0) is 28.5. The molecule has 0 aliphatic carbocycles. The molecule has 0 bridgehead atoms. The molecule has 1 aliphatic rings. The zero-order valence-corrected chi connectivity index (χ0v) is 24.9. The van der Waals surface area contributed by atoms with Gasteiger partial charge < -0.3 is 14.4 Å². The topological polar surface area (TPSA) is 59.1 Å². The number of fused-ring (bicyclic) bond motifs is 1. The van der Waals surface area contributed by atoms with Gasteiger partial charge in [-0.15, -0.1) is 0 Å². The van der Waals surface area contributed by atoms with Crippen LogP contribution < -0.4 is 9.64 Å². The number of benzene rings is 3. The fourth-order valence-corrected chi connectivity index (χ4v) is 4.99. The molecule has 0 saturated heterocycles. The molecule has 3 aromatic carbocycles. The fraction of sp³-hybridized carbons (Fsp3) is 0.333. The lowest BCUT2D eigenvalue weighted by Crippen LogP contribution is -2.36. The molecule has 0 N–H and O–H groups in total. The average Bonchev–Trinajstić information content (AvgIpc) is 3.19. The Morgan fingerprint density at radius 3 is 2.56 bits per heavy atom. The van der Waals surface area contributed by atoms with Crippen LogP contribution in [-0.2, 0) is 16.1 Å². The smallest absolute Gasteiger partial charge is 0.414 e. The minimum absolute atomic E-state index is 0.0875. The van der Waals surface area contributed by atoms with Crippen molar-refractivity contribution in [2.24, 2.45) is 0 Å². The lowest BCUT2D eigenvalue weighted by Gasteiger charge is -2.25. The normalized spacial score (nSPS) is 14.7. The fourth-order valence-electron chi connectivity index (χ4n) is 4.45. The Balaban J connectivity index is 1.50. The number of nitrogens with zero attached hydrogens (tertiary/aromatic N) is 2. The van der Waals surface area contributed by atoms with E-state index in [2.05, 4.69) is 15.9 Å². The molecule has 1 heterocycles. The van der Waals surface area contributed by atoms with Gasteiger partial charge in [-0.2, -0.15) is 0 Å². The summed E-state index contributed by atoms with van der Waals surface area (Å²) in [6, 6.07) is 15.4. The molecule has 206 valence electrons. The van der Waals surface area contributed by atoms with E-state index in [0.717, 1.165) is 21.3 Å². The van der Waals surface area contributed by atoms with E-state index in [1.54, 1.807) is 48.0 Å². The number of hydrogen-bond donors (Lipinski definition) is 0. The summed E-state index contributed by atoms with van der Waals surface area (Å²) in [6.45, 7) is 7.76. The SMILES string of the molecule is Cc1cc(Oc2cc(Cl)ccc2CN(C)C(=O)CC2CN(C(=O)OC(C)(C)C)c3ccc(Br)cc32)ccc1F. The number of carbonyl (C=O) groups is 2. The van der Waals surface area contributed by atoms with Gasteiger partial charge in [-0.3, -0.25) is 9.69 Å². The summed E-state index contributed by atoms with van der Waals surface area (Å²) in [7, 11) is 1.73. The van der Waals surface area contributed by atoms with Gasteiger partial charge in [-0.1, -0.05) is 33.6 Å². The first-order chi connectivity index (χ1) is 18.3. The van der Waals surface area contributed by atoms with Gasteiger partial charge in [0.05, 0.1) is 5.69 Å². The van der Waals surface area contributed by atoms with E-state index in [-0.39, 0.29) is 30.6 Å². The van der Waals surface area contributed by atoms with Crippen molar-refractivity contribution in [1.29, 1.82) is 0 Å². The number of aryl methyl sites for hydroxylation is 1. The van der Waals surface area contributed by atoms with Crippen LogP contribution in [0.3, 0.4) is 0 Å². The van der Waals surface area contributed by atoms with Gasteiger partial charge in [0.15, 0.2) is 0 Å². The third kappa shape index (κ3) is 7.11. The van der Waals surface area contributed by atoms with E-state index in [9.17, 15) is 14.0 Å². The molecule has 0 fully saturated rings. The molecular formula is C30H31BrClFN2O4. The summed E-state index contributed by atoms with van der Waals surface area (Å²) in [5, 5.41) is 0.483. The van der Waals surface area contributed by atoms with E-state index in [1.807, 2.05) is 45.0 Å². The molecule has 4 rings (SSSR count). The number of amides is 2. The predicted octanol–water partition coefficient (Wildman–Crippen LogP) is 8.23. The van der Waals surface area contributed by atoms with Crippen LogP contribution in [0.1, 0.15) is 49.8 Å². The lowest BCUT2D eigenvalue weighted by atomic mass is 9.97. The Bertz CT molecular complexity index is 1410. The highest BCUT2D eigenvalue weighted by atomic mass is 79.9. The van der Waals surface area contributed by atoms with Crippen molar-refractivity contribution in [2.75, 3.05) is 18.5 Å². The molecule has 9 heteroatoms. The van der Waals surface area contributed by atoms with Crippen molar-refractivity contribution < 1.29 is 23.5 Å². The van der Waals surface area contributed by atoms with Crippen molar-refractivity contribution >= 4 is 45.2 Å². The molecule has 0 aromatic heterocycles. The Kier molecular flexibility index (Phi) is 8.57. The van der Waals surface area contributed by atoms with Crippen LogP contribution in [0, 0.1) is 12.7 Å². The molecule has 0 spiro atoms. The summed E-state index contributed by atoms with van der Waals surface area (Å²) in [6.07, 6.45) is -0.228. The highest BCUT2D eigenvalue weighted by Gasteiger charge is 2.36. The largest absolute Gasteiger partial charge is 0.457 e. The van der Waals surface area contributed by atoms with Gasteiger partial charge >= 0.3 is 6.09 Å². The molecule has 0 saturated carbocycles. The molecule has 39 heavy (non-hydrogen) atoms. The summed E-state index contributed by atoms with van der Waals surface area (Å²) < 4.78 is 26.2. The van der Waals surface area contributed by atoms with Gasteiger partial charge in [0.2, 0.25) is 5.91 Å². The van der Waals surface area contributed by atoms with Crippen LogP contribution in [0.4, 0.5) is 14.9 Å². The molecule has 3 aromatic rings. The van der Waals surface area contributed by atoms with E-state index in [4.69, 9.17) is 21.1 Å². The summed E-state index contributed by atoms with van der Waals surface area (Å²) in [5.41, 5.74) is 2.25. The quantitative estimate of drug-likeness (QED) is 0.280. The van der Waals surface area contributed by atoms with E-state index in [0.29, 0.717) is 28.6 Å². The Morgan fingerprint density at radius 1 is 1.13 bits per heavy atom. The van der Waals surface area contributed by atoms with E-state index in [1.165, 1.54) is 6.07 Å². The maximum Gasteiger partial charge on any atom is 0.414 e. The lowest BCUT2D eigenvalue weighted by molar-refractivity contribution is -0.130. The van der Waals surface area contributed by atoms with Crippen molar-refractivity contribution in [3.05, 3.63) is 86.6 Å². The minimum atomic E-state index is -0.633. The highest BCUT2D eigenvalue weighted by Crippen LogP contribution is 2.41. The Morgan fingerprint density at radius 2 is 1.87 bits per heavy atom. The summed E-state index contributed by atoms with van der Waals surface area (Å²) >= 11 is 9.74. The van der Waals surface area contributed by atoms with Crippen LogP contribution in [0.5, 0.6) is 11.5 Å². The number of carbonyl (C=O) groups excluding carboxylic acids is 2.